The number of nitrogens with two attached hydrogens (primary N) is 1. The number of rotatable bonds is 12. The Morgan fingerprint density at radius 2 is 1.61 bits per heavy atom. The number of alkyl halides is 3. The number of likely N-dealkylation sites (tertiary alicyclic amines) is 1. The number of ketones is 1. The van der Waals surface area contributed by atoms with Crippen molar-refractivity contribution >= 4 is 35.5 Å². The number of hydrogen-bond donors (Lipinski definition) is 4. The summed E-state index contributed by atoms with van der Waals surface area (Å²) in [5.41, 5.74) is 4.10. The maximum absolute atomic E-state index is 13.7. The van der Waals surface area contributed by atoms with Gasteiger partial charge in [0.05, 0.1) is 12.6 Å². The highest BCUT2D eigenvalue weighted by Gasteiger charge is 2.46. The molecule has 1 heterocycles. The van der Waals surface area contributed by atoms with E-state index in [-0.39, 0.29) is 13.2 Å². The molecule has 0 radical (unpaired) electrons. The Kier molecular flexibility index (Phi) is 11.1. The maximum atomic E-state index is 13.7. The van der Waals surface area contributed by atoms with E-state index in [1.54, 1.807) is 27.7 Å². The third-order valence-electron chi connectivity index (χ3n) is 7.09. The lowest BCUT2D eigenvalue weighted by atomic mass is 9.85. The highest BCUT2D eigenvalue weighted by atomic mass is 19.4. The fraction of sp³-hybridized carbons (Fsp3) is 0.769. The smallest absolute Gasteiger partial charge is 0.389 e. The molecule has 0 aromatic heterocycles. The lowest BCUT2D eigenvalue weighted by Crippen LogP contribution is -2.61. The van der Waals surface area contributed by atoms with Gasteiger partial charge in [-0.2, -0.15) is 13.2 Å². The van der Waals surface area contributed by atoms with Crippen LogP contribution >= 0.6 is 0 Å². The van der Waals surface area contributed by atoms with E-state index in [4.69, 9.17) is 10.5 Å². The second-order valence-corrected chi connectivity index (χ2v) is 11.9. The number of esters is 1. The summed E-state index contributed by atoms with van der Waals surface area (Å²) < 4.78 is 43.5. The van der Waals surface area contributed by atoms with E-state index < -0.39 is 90.0 Å². The van der Waals surface area contributed by atoms with Crippen LogP contribution in [-0.4, -0.2) is 83.9 Å². The Hall–Kier alpha value is -3.39. The molecule has 5 amide bonds. The Morgan fingerprint density at radius 1 is 1.00 bits per heavy atom. The summed E-state index contributed by atoms with van der Waals surface area (Å²) >= 11 is 0. The molecule has 1 aliphatic carbocycles. The van der Waals surface area contributed by atoms with Gasteiger partial charge in [0.15, 0.2) is 0 Å². The molecule has 1 saturated carbocycles. The van der Waals surface area contributed by atoms with Crippen LogP contribution in [0.15, 0.2) is 0 Å². The zero-order chi connectivity index (χ0) is 31.3. The van der Waals surface area contributed by atoms with Crippen LogP contribution in [0.5, 0.6) is 0 Å². The first-order valence-electron chi connectivity index (χ1n) is 13.6. The molecule has 0 bridgehead atoms. The highest BCUT2D eigenvalue weighted by Crippen LogP contribution is 2.30. The Balaban J connectivity index is 2.15. The van der Waals surface area contributed by atoms with Crippen molar-refractivity contribution in [3.05, 3.63) is 0 Å². The average molecular weight is 592 g/mol. The number of urea groups is 1. The predicted octanol–water partition coefficient (Wildman–Crippen LogP) is 1.16. The fourth-order valence-corrected chi connectivity index (χ4v) is 4.45. The molecule has 2 rings (SSSR count). The second-order valence-electron chi connectivity index (χ2n) is 11.9. The number of ether oxygens (including phenoxy) is 1. The predicted molar refractivity (Wildman–Crippen MR) is 139 cm³/mol. The van der Waals surface area contributed by atoms with Gasteiger partial charge in [-0.3, -0.25) is 19.2 Å². The van der Waals surface area contributed by atoms with E-state index in [1.807, 2.05) is 0 Å². The van der Waals surface area contributed by atoms with Gasteiger partial charge in [0.25, 0.3) is 5.91 Å². The minimum Gasteiger partial charge on any atom is -0.464 e. The number of primary amides is 1. The van der Waals surface area contributed by atoms with Crippen LogP contribution in [0.25, 0.3) is 0 Å². The summed E-state index contributed by atoms with van der Waals surface area (Å²) in [6.07, 6.45) is -4.68. The van der Waals surface area contributed by atoms with Crippen molar-refractivity contribution in [1.82, 2.24) is 20.9 Å². The quantitative estimate of drug-likeness (QED) is 0.194. The van der Waals surface area contributed by atoms with Gasteiger partial charge in [0, 0.05) is 13.0 Å². The molecule has 5 atom stereocenters. The molecule has 0 aromatic rings. The normalized spacial score (nSPS) is 21.3. The van der Waals surface area contributed by atoms with Crippen molar-refractivity contribution in [2.24, 2.45) is 23.0 Å². The SMILES string of the molecule is CC(NC(=O)NC(C(=O)N1CCC(C)C1C(=O)NC(CCC(F)(F)F)C(=O)C(N)=O)C(C)(C)C)C(=O)OCC1CC1. The Labute approximate surface area is 236 Å². The molecule has 15 heteroatoms. The molecule has 12 nitrogen and oxygen atoms in total. The standard InChI is InChI=1S/C26H40F3N5O7/c1-13-9-11-34(17(13)21(37)32-16(18(35)20(30)36)8-10-26(27,28)29)22(38)19(25(3,4)5)33-24(40)31-14(2)23(39)41-12-15-6-7-15/h13-17,19H,6-12H2,1-5H3,(H2,30,36)(H,32,37)(H2,31,33,40). The van der Waals surface area contributed by atoms with Gasteiger partial charge in [-0.25, -0.2) is 9.59 Å². The molecular weight excluding hydrogens is 551 g/mol. The van der Waals surface area contributed by atoms with E-state index in [0.29, 0.717) is 12.3 Å². The van der Waals surface area contributed by atoms with Crippen LogP contribution in [0.3, 0.4) is 0 Å². The lowest BCUT2D eigenvalue weighted by molar-refractivity contribution is -0.147. The van der Waals surface area contributed by atoms with Crippen molar-refractivity contribution in [3.63, 3.8) is 0 Å². The molecule has 5 N–H and O–H groups in total. The zero-order valence-electron chi connectivity index (χ0n) is 23.9. The van der Waals surface area contributed by atoms with Gasteiger partial charge in [-0.15, -0.1) is 0 Å². The third kappa shape index (κ3) is 10.2. The minimum absolute atomic E-state index is 0.0921. The maximum Gasteiger partial charge on any atom is 0.389 e. The minimum atomic E-state index is -4.65. The van der Waals surface area contributed by atoms with Crippen LogP contribution < -0.4 is 21.7 Å². The van der Waals surface area contributed by atoms with Crippen LogP contribution in [0.2, 0.25) is 0 Å². The van der Waals surface area contributed by atoms with Crippen molar-refractivity contribution in [2.75, 3.05) is 13.2 Å². The number of hydrogen-bond acceptors (Lipinski definition) is 7. The van der Waals surface area contributed by atoms with Gasteiger partial charge in [-0.05, 0) is 49.9 Å². The van der Waals surface area contributed by atoms with Crippen LogP contribution in [-0.2, 0) is 28.7 Å². The first kappa shape index (κ1) is 33.8. The van der Waals surface area contributed by atoms with Gasteiger partial charge in [-0.1, -0.05) is 27.7 Å². The molecule has 2 aliphatic rings. The zero-order valence-corrected chi connectivity index (χ0v) is 23.9. The highest BCUT2D eigenvalue weighted by molar-refractivity contribution is 6.37. The number of amides is 5. The summed E-state index contributed by atoms with van der Waals surface area (Å²) in [6.45, 7) is 8.49. The summed E-state index contributed by atoms with van der Waals surface area (Å²) in [5, 5.41) is 7.18. The monoisotopic (exact) mass is 591 g/mol. The van der Waals surface area contributed by atoms with Crippen molar-refractivity contribution in [2.45, 2.75) is 97.1 Å². The van der Waals surface area contributed by atoms with Gasteiger partial charge in [0.1, 0.15) is 18.1 Å². The van der Waals surface area contributed by atoms with Gasteiger partial charge in [0.2, 0.25) is 17.6 Å². The van der Waals surface area contributed by atoms with Crippen molar-refractivity contribution < 1.29 is 46.7 Å². The van der Waals surface area contributed by atoms with E-state index in [1.165, 1.54) is 11.8 Å². The van der Waals surface area contributed by atoms with E-state index in [0.717, 1.165) is 12.8 Å². The number of carbonyl (C=O) groups excluding carboxylic acids is 6. The Morgan fingerprint density at radius 3 is 2.12 bits per heavy atom. The summed E-state index contributed by atoms with van der Waals surface area (Å²) in [5.74, 6) is -5.20. The van der Waals surface area contributed by atoms with Gasteiger partial charge >= 0.3 is 18.2 Å². The molecule has 1 aliphatic heterocycles. The number of halogens is 3. The largest absolute Gasteiger partial charge is 0.464 e. The summed E-state index contributed by atoms with van der Waals surface area (Å²) in [7, 11) is 0. The van der Waals surface area contributed by atoms with Crippen LogP contribution in [0, 0.1) is 17.3 Å². The number of nitrogens with one attached hydrogen (secondary N) is 3. The molecule has 5 unspecified atom stereocenters. The second kappa shape index (κ2) is 13.5. The van der Waals surface area contributed by atoms with Crippen LogP contribution in [0.4, 0.5) is 18.0 Å². The molecule has 2 fully saturated rings. The Bertz CT molecular complexity index is 1030. The third-order valence-corrected chi connectivity index (χ3v) is 7.09. The van der Waals surface area contributed by atoms with Gasteiger partial charge < -0.3 is 31.3 Å². The average Bonchev–Trinajstić information content (AvgIpc) is 3.60. The topological polar surface area (TPSA) is 177 Å². The molecular formula is C26H40F3N5O7. The molecule has 41 heavy (non-hydrogen) atoms. The summed E-state index contributed by atoms with van der Waals surface area (Å²) in [4.78, 5) is 76.6. The number of Topliss-reactive ketones (excluding diaryl/α,β-unsaturated/α-hetero) is 1. The summed E-state index contributed by atoms with van der Waals surface area (Å²) in [6, 6.07) is -6.00. The molecule has 1 saturated heterocycles. The van der Waals surface area contributed by atoms with Crippen LogP contribution in [0.1, 0.15) is 66.7 Å². The first-order valence-corrected chi connectivity index (χ1v) is 13.6. The van der Waals surface area contributed by atoms with Crippen molar-refractivity contribution in [3.8, 4) is 0 Å². The molecule has 0 spiro atoms. The van der Waals surface area contributed by atoms with E-state index in [9.17, 15) is 41.9 Å². The van der Waals surface area contributed by atoms with Crippen molar-refractivity contribution in [1.29, 1.82) is 0 Å². The van der Waals surface area contributed by atoms with E-state index in [2.05, 4.69) is 16.0 Å². The number of nitrogens with zero attached hydrogens (tertiary/aromatic N) is 1. The van der Waals surface area contributed by atoms with E-state index >= 15 is 0 Å². The molecule has 0 aromatic carbocycles. The first-order chi connectivity index (χ1) is 18.8. The lowest BCUT2D eigenvalue weighted by Gasteiger charge is -2.36. The fourth-order valence-electron chi connectivity index (χ4n) is 4.45. The number of carbonyl (C=O) groups is 6. The molecule has 232 valence electrons.